The number of rotatable bonds is 6. The second-order valence-corrected chi connectivity index (χ2v) is 3.56. The maximum atomic E-state index is 11.4. The lowest BCUT2D eigenvalue weighted by Crippen LogP contribution is -2.15. The molecular weight excluding hydrogens is 234 g/mol. The first-order chi connectivity index (χ1) is 8.63. The first-order valence-electron chi connectivity index (χ1n) is 5.48. The van der Waals surface area contributed by atoms with Crippen LogP contribution in [0.2, 0.25) is 0 Å². The topological polar surface area (TPSA) is 75.6 Å². The molecule has 0 aliphatic rings. The summed E-state index contributed by atoms with van der Waals surface area (Å²) in [6.45, 7) is 3.56. The number of benzene rings is 1. The van der Waals surface area contributed by atoms with Crippen molar-refractivity contribution in [3.05, 3.63) is 42.5 Å². The highest BCUT2D eigenvalue weighted by Crippen LogP contribution is 2.17. The van der Waals surface area contributed by atoms with Gasteiger partial charge in [0, 0.05) is 12.1 Å². The molecule has 1 amide bonds. The highest BCUT2D eigenvalue weighted by atomic mass is 16.5. The van der Waals surface area contributed by atoms with Crippen molar-refractivity contribution in [2.45, 2.75) is 12.8 Å². The Morgan fingerprint density at radius 2 is 2.11 bits per heavy atom. The highest BCUT2D eigenvalue weighted by molar-refractivity contribution is 5.85. The lowest BCUT2D eigenvalue weighted by molar-refractivity contribution is -0.136. The molecule has 1 aromatic carbocycles. The van der Waals surface area contributed by atoms with Crippen LogP contribution >= 0.6 is 0 Å². The summed E-state index contributed by atoms with van der Waals surface area (Å²) in [5.41, 5.74) is 1.32. The van der Waals surface area contributed by atoms with Crippen LogP contribution in [0.5, 0.6) is 0 Å². The molecule has 0 spiro atoms. The number of carboxylic acids is 1. The number of para-hydroxylation sites is 1. The van der Waals surface area contributed by atoms with Gasteiger partial charge in [0.25, 0.3) is 0 Å². The lowest BCUT2D eigenvalue weighted by Gasteiger charge is -2.10. The van der Waals surface area contributed by atoms with Crippen molar-refractivity contribution in [2.24, 2.45) is 0 Å². The summed E-state index contributed by atoms with van der Waals surface area (Å²) < 4.78 is 4.79. The van der Waals surface area contributed by atoms with E-state index < -0.39 is 12.1 Å². The van der Waals surface area contributed by atoms with E-state index in [2.05, 4.69) is 11.9 Å². The fraction of sp³-hybridized carbons (Fsp3) is 0.231. The zero-order chi connectivity index (χ0) is 13.4. The molecule has 96 valence electrons. The van der Waals surface area contributed by atoms with Gasteiger partial charge in [-0.1, -0.05) is 30.9 Å². The number of hydrogen-bond donors (Lipinski definition) is 2. The van der Waals surface area contributed by atoms with Crippen LogP contribution in [0.3, 0.4) is 0 Å². The van der Waals surface area contributed by atoms with Crippen molar-refractivity contribution in [3.8, 4) is 0 Å². The van der Waals surface area contributed by atoms with Gasteiger partial charge in [-0.25, -0.2) is 4.79 Å². The van der Waals surface area contributed by atoms with Crippen LogP contribution < -0.4 is 5.32 Å². The summed E-state index contributed by atoms with van der Waals surface area (Å²) in [6.07, 6.45) is 1.25. The summed E-state index contributed by atoms with van der Waals surface area (Å²) in [5.74, 6) is -0.876. The van der Waals surface area contributed by atoms with Gasteiger partial charge in [-0.15, -0.1) is 0 Å². The first kappa shape index (κ1) is 13.8. The fourth-order valence-electron chi connectivity index (χ4n) is 1.38. The minimum atomic E-state index is -0.876. The summed E-state index contributed by atoms with van der Waals surface area (Å²) in [4.78, 5) is 21.9. The van der Waals surface area contributed by atoms with Crippen molar-refractivity contribution >= 4 is 17.7 Å². The molecule has 0 aromatic heterocycles. The molecule has 5 heteroatoms. The van der Waals surface area contributed by atoms with E-state index >= 15 is 0 Å². The maximum Gasteiger partial charge on any atom is 0.411 e. The zero-order valence-corrected chi connectivity index (χ0v) is 9.89. The largest absolute Gasteiger partial charge is 0.481 e. The molecule has 0 unspecified atom stereocenters. The number of hydrogen-bond acceptors (Lipinski definition) is 3. The number of carboxylic acid groups (broad SMARTS) is 1. The molecule has 5 nitrogen and oxygen atoms in total. The Morgan fingerprint density at radius 1 is 1.39 bits per heavy atom. The fourth-order valence-corrected chi connectivity index (χ4v) is 1.38. The third-order valence-electron chi connectivity index (χ3n) is 2.19. The van der Waals surface area contributed by atoms with Crippen molar-refractivity contribution in [1.29, 1.82) is 0 Å². The molecule has 0 heterocycles. The van der Waals surface area contributed by atoms with Gasteiger partial charge in [0.2, 0.25) is 0 Å². The zero-order valence-electron chi connectivity index (χ0n) is 9.89. The van der Waals surface area contributed by atoms with Gasteiger partial charge in [-0.05, 0) is 18.1 Å². The van der Waals surface area contributed by atoms with E-state index in [4.69, 9.17) is 9.84 Å². The summed E-state index contributed by atoms with van der Waals surface area (Å²) >= 11 is 0. The van der Waals surface area contributed by atoms with Gasteiger partial charge >= 0.3 is 12.1 Å². The van der Waals surface area contributed by atoms with Crippen molar-refractivity contribution in [3.63, 3.8) is 0 Å². The van der Waals surface area contributed by atoms with Crippen LogP contribution in [0.4, 0.5) is 10.5 Å². The monoisotopic (exact) mass is 249 g/mol. The summed E-state index contributed by atoms with van der Waals surface area (Å²) in [5, 5.41) is 11.2. The quantitative estimate of drug-likeness (QED) is 0.759. The molecule has 0 aliphatic heterocycles. The van der Waals surface area contributed by atoms with Crippen LogP contribution in [-0.4, -0.2) is 23.8 Å². The van der Waals surface area contributed by atoms with Crippen molar-refractivity contribution in [2.75, 3.05) is 11.9 Å². The Balaban J connectivity index is 2.66. The smallest absolute Gasteiger partial charge is 0.411 e. The van der Waals surface area contributed by atoms with Crippen LogP contribution in [0, 0.1) is 0 Å². The SMILES string of the molecule is C=CCOC(=O)Nc1ccccc1CCC(=O)O. The van der Waals surface area contributed by atoms with Gasteiger partial charge in [-0.3, -0.25) is 10.1 Å². The van der Waals surface area contributed by atoms with Crippen LogP contribution in [0.15, 0.2) is 36.9 Å². The molecule has 18 heavy (non-hydrogen) atoms. The average Bonchev–Trinajstić information content (AvgIpc) is 2.35. The van der Waals surface area contributed by atoms with Gasteiger partial charge in [0.1, 0.15) is 6.61 Å². The van der Waals surface area contributed by atoms with Gasteiger partial charge in [0.15, 0.2) is 0 Å². The van der Waals surface area contributed by atoms with E-state index in [0.29, 0.717) is 12.1 Å². The Kier molecular flexibility index (Phi) is 5.44. The van der Waals surface area contributed by atoms with E-state index in [1.54, 1.807) is 24.3 Å². The molecule has 2 N–H and O–H groups in total. The normalized spacial score (nSPS) is 9.56. The van der Waals surface area contributed by atoms with Gasteiger partial charge in [-0.2, -0.15) is 0 Å². The Morgan fingerprint density at radius 3 is 2.78 bits per heavy atom. The molecule has 0 atom stereocenters. The average molecular weight is 249 g/mol. The van der Waals surface area contributed by atoms with E-state index in [9.17, 15) is 9.59 Å². The minimum absolute atomic E-state index is 0.0143. The third kappa shape index (κ3) is 4.69. The maximum absolute atomic E-state index is 11.4. The number of nitrogens with one attached hydrogen (secondary N) is 1. The Bertz CT molecular complexity index is 442. The standard InChI is InChI=1S/C13H15NO4/c1-2-9-18-13(17)14-11-6-4-3-5-10(11)7-8-12(15)16/h2-6H,1,7-9H2,(H,14,17)(H,15,16). The molecule has 0 bridgehead atoms. The molecule has 0 aliphatic carbocycles. The van der Waals surface area contributed by atoms with E-state index in [-0.39, 0.29) is 13.0 Å². The number of carbonyl (C=O) groups excluding carboxylic acids is 1. The number of ether oxygens (including phenoxy) is 1. The Hall–Kier alpha value is -2.30. The highest BCUT2D eigenvalue weighted by Gasteiger charge is 2.08. The molecule has 0 saturated carbocycles. The number of anilines is 1. The van der Waals surface area contributed by atoms with Crippen molar-refractivity contribution in [1.82, 2.24) is 0 Å². The molecule has 0 saturated heterocycles. The minimum Gasteiger partial charge on any atom is -0.481 e. The van der Waals surface area contributed by atoms with Gasteiger partial charge < -0.3 is 9.84 Å². The van der Waals surface area contributed by atoms with E-state index in [1.165, 1.54) is 6.08 Å². The van der Waals surface area contributed by atoms with Crippen LogP contribution in [0.25, 0.3) is 0 Å². The first-order valence-corrected chi connectivity index (χ1v) is 5.48. The predicted octanol–water partition coefficient (Wildman–Crippen LogP) is 2.44. The second-order valence-electron chi connectivity index (χ2n) is 3.56. The number of aliphatic carboxylic acids is 1. The van der Waals surface area contributed by atoms with Gasteiger partial charge in [0.05, 0.1) is 0 Å². The Labute approximate surface area is 105 Å². The second kappa shape index (κ2) is 7.11. The molecule has 0 fully saturated rings. The van der Waals surface area contributed by atoms with Crippen LogP contribution in [0.1, 0.15) is 12.0 Å². The molecule has 1 aromatic rings. The van der Waals surface area contributed by atoms with Crippen LogP contribution in [-0.2, 0) is 16.0 Å². The molecular formula is C13H15NO4. The number of carbonyl (C=O) groups is 2. The number of aryl methyl sites for hydroxylation is 1. The van der Waals surface area contributed by atoms with E-state index in [0.717, 1.165) is 5.56 Å². The third-order valence-corrected chi connectivity index (χ3v) is 2.19. The molecule has 1 rings (SSSR count). The lowest BCUT2D eigenvalue weighted by atomic mass is 10.1. The van der Waals surface area contributed by atoms with Crippen molar-refractivity contribution < 1.29 is 19.4 Å². The summed E-state index contributed by atoms with van der Waals surface area (Å²) in [6, 6.07) is 7.02. The summed E-state index contributed by atoms with van der Waals surface area (Å²) in [7, 11) is 0. The van der Waals surface area contributed by atoms with E-state index in [1.807, 2.05) is 0 Å². The number of amides is 1. The molecule has 0 radical (unpaired) electrons. The predicted molar refractivity (Wildman–Crippen MR) is 67.6 cm³/mol.